The molecule has 0 radical (unpaired) electrons. The number of ether oxygens (including phenoxy) is 1. The molecule has 0 saturated carbocycles. The smallest absolute Gasteiger partial charge is 0.122 e. The number of aryl methyl sites for hydroxylation is 1. The van der Waals surface area contributed by atoms with Gasteiger partial charge in [0.15, 0.2) is 0 Å². The molecule has 0 amide bonds. The van der Waals surface area contributed by atoms with Gasteiger partial charge in [0.05, 0.1) is 34.8 Å². The highest BCUT2D eigenvalue weighted by Gasteiger charge is 2.25. The molecule has 0 heterocycles. The normalized spacial score (nSPS) is 17.5. The lowest BCUT2D eigenvalue weighted by Crippen LogP contribution is -2.40. The summed E-state index contributed by atoms with van der Waals surface area (Å²) in [6, 6.07) is 6.45. The number of hydrogen-bond donors (Lipinski definition) is 0. The Morgan fingerprint density at radius 1 is 1.40 bits per heavy atom. The van der Waals surface area contributed by atoms with E-state index in [1.54, 1.807) is 7.11 Å². The third-order valence-electron chi connectivity index (χ3n) is 3.57. The summed E-state index contributed by atoms with van der Waals surface area (Å²) in [4.78, 5) is 8.25. The number of hydrogen-bond acceptors (Lipinski definition) is 3. The van der Waals surface area contributed by atoms with E-state index in [1.165, 1.54) is 36.9 Å². The van der Waals surface area contributed by atoms with Gasteiger partial charge in [0, 0.05) is 12.4 Å². The number of quaternary nitrogens is 1. The molecular formula is C16H25NO3. The van der Waals surface area contributed by atoms with Crippen molar-refractivity contribution in [2.75, 3.05) is 34.8 Å². The van der Waals surface area contributed by atoms with Crippen LogP contribution in [0.15, 0.2) is 18.2 Å². The van der Waals surface area contributed by atoms with Crippen molar-refractivity contribution in [2.24, 2.45) is 5.92 Å². The molecule has 0 bridgehead atoms. The third kappa shape index (κ3) is 4.85. The summed E-state index contributed by atoms with van der Waals surface area (Å²) in [6.45, 7) is 0.748. The fourth-order valence-corrected chi connectivity index (χ4v) is 2.95. The monoisotopic (exact) mass is 279 g/mol. The summed E-state index contributed by atoms with van der Waals surface area (Å²) in [5.74, 6) is 1.87. The molecule has 1 aliphatic carbocycles. The van der Waals surface area contributed by atoms with E-state index in [9.17, 15) is 0 Å². The average Bonchev–Trinajstić information content (AvgIpc) is 2.37. The quantitative estimate of drug-likeness (QED) is 0.609. The van der Waals surface area contributed by atoms with Crippen LogP contribution in [0.25, 0.3) is 0 Å². The lowest BCUT2D eigenvalue weighted by molar-refractivity contribution is -0.874. The number of carboxylic acid groups (broad SMARTS) is 1. The van der Waals surface area contributed by atoms with E-state index in [4.69, 9.17) is 14.6 Å². The molecule has 112 valence electrons. The Kier molecular flexibility index (Phi) is 6.02. The largest absolute Gasteiger partial charge is 0.554 e. The first-order valence-electron chi connectivity index (χ1n) is 6.92. The van der Waals surface area contributed by atoms with Crippen molar-refractivity contribution in [3.63, 3.8) is 0 Å². The third-order valence-corrected chi connectivity index (χ3v) is 3.57. The molecule has 0 aliphatic heterocycles. The van der Waals surface area contributed by atoms with Crippen LogP contribution in [-0.4, -0.2) is 45.8 Å². The van der Waals surface area contributed by atoms with Crippen molar-refractivity contribution >= 4 is 6.47 Å². The van der Waals surface area contributed by atoms with Crippen LogP contribution in [0.5, 0.6) is 5.75 Å². The maximum Gasteiger partial charge on any atom is 0.122 e. The van der Waals surface area contributed by atoms with Crippen molar-refractivity contribution in [1.82, 2.24) is 0 Å². The Bertz CT molecular complexity index is 424. The minimum atomic E-state index is -0.500. The summed E-state index contributed by atoms with van der Waals surface area (Å²) < 4.78 is 6.54. The van der Waals surface area contributed by atoms with Crippen LogP contribution in [0.1, 0.15) is 17.5 Å². The van der Waals surface area contributed by atoms with E-state index >= 15 is 0 Å². The minimum Gasteiger partial charge on any atom is -0.554 e. The first-order valence-corrected chi connectivity index (χ1v) is 6.92. The number of benzene rings is 1. The molecule has 0 saturated heterocycles. The second kappa shape index (κ2) is 7.29. The molecule has 20 heavy (non-hydrogen) atoms. The second-order valence-corrected chi connectivity index (χ2v) is 6.28. The van der Waals surface area contributed by atoms with Gasteiger partial charge in [-0.3, -0.25) is 0 Å². The van der Waals surface area contributed by atoms with E-state index in [-0.39, 0.29) is 0 Å². The summed E-state index contributed by atoms with van der Waals surface area (Å²) in [6.07, 6.45) is 3.70. The fourth-order valence-electron chi connectivity index (χ4n) is 2.95. The molecule has 1 atom stereocenters. The zero-order valence-electron chi connectivity index (χ0n) is 12.9. The maximum absolute atomic E-state index is 8.25. The maximum atomic E-state index is 8.25. The molecule has 4 heteroatoms. The summed E-state index contributed by atoms with van der Waals surface area (Å²) in [5.41, 5.74) is 2.93. The predicted molar refractivity (Wildman–Crippen MR) is 77.5 cm³/mol. The van der Waals surface area contributed by atoms with Gasteiger partial charge >= 0.3 is 0 Å². The number of nitrogens with zero attached hydrogens (tertiary/aromatic N) is 1. The highest BCUT2D eigenvalue weighted by atomic mass is 16.5. The van der Waals surface area contributed by atoms with Crippen molar-refractivity contribution < 1.29 is 19.1 Å². The topological polar surface area (TPSA) is 49.4 Å². The zero-order valence-corrected chi connectivity index (χ0v) is 12.9. The van der Waals surface area contributed by atoms with Gasteiger partial charge in [0.25, 0.3) is 0 Å². The van der Waals surface area contributed by atoms with Crippen LogP contribution in [-0.2, 0) is 17.6 Å². The van der Waals surface area contributed by atoms with Gasteiger partial charge in [0.1, 0.15) is 5.75 Å². The Morgan fingerprint density at radius 3 is 2.60 bits per heavy atom. The van der Waals surface area contributed by atoms with Gasteiger partial charge in [-0.05, 0) is 36.5 Å². The molecule has 0 fully saturated rings. The Labute approximate surface area is 121 Å². The SMILES string of the molecule is COc1cccc2c1CC(C[N+](C)(C)C)CC2.O=C[O-]. The number of fused-ring (bicyclic) bond motifs is 1. The molecule has 0 N–H and O–H groups in total. The van der Waals surface area contributed by atoms with E-state index < -0.39 is 6.47 Å². The van der Waals surface area contributed by atoms with Crippen molar-refractivity contribution in [3.05, 3.63) is 29.3 Å². The number of rotatable bonds is 3. The lowest BCUT2D eigenvalue weighted by atomic mass is 9.83. The summed E-state index contributed by atoms with van der Waals surface area (Å²) in [5, 5.41) is 8.25. The standard InChI is InChI=1S/C15H24NO.CH2O2/c1-16(2,3)11-12-8-9-13-6-5-7-15(17-4)14(13)10-12;2-1-3/h5-7,12H,8-11H2,1-4H3;1H,(H,2,3)/q+1;/p-1. The van der Waals surface area contributed by atoms with Gasteiger partial charge in [-0.25, -0.2) is 0 Å². The number of carbonyl (C=O) groups excluding carboxylic acids is 1. The van der Waals surface area contributed by atoms with Gasteiger partial charge in [0.2, 0.25) is 0 Å². The van der Waals surface area contributed by atoms with Gasteiger partial charge in [-0.15, -0.1) is 0 Å². The van der Waals surface area contributed by atoms with Crippen LogP contribution in [0.3, 0.4) is 0 Å². The fraction of sp³-hybridized carbons (Fsp3) is 0.562. The Hall–Kier alpha value is -1.55. The van der Waals surface area contributed by atoms with Crippen LogP contribution in [0, 0.1) is 5.92 Å². The van der Waals surface area contributed by atoms with Crippen molar-refractivity contribution in [2.45, 2.75) is 19.3 Å². The molecular weight excluding hydrogens is 254 g/mol. The zero-order chi connectivity index (χ0) is 15.2. The lowest BCUT2D eigenvalue weighted by Gasteiger charge is -2.32. The molecule has 1 unspecified atom stereocenters. The highest BCUT2D eigenvalue weighted by Crippen LogP contribution is 2.32. The molecule has 1 aliphatic rings. The highest BCUT2D eigenvalue weighted by molar-refractivity contribution is 5.42. The van der Waals surface area contributed by atoms with E-state index in [1.807, 2.05) is 0 Å². The van der Waals surface area contributed by atoms with E-state index in [0.717, 1.165) is 16.2 Å². The Morgan fingerprint density at radius 2 is 2.05 bits per heavy atom. The molecule has 2 rings (SSSR count). The first kappa shape index (κ1) is 16.5. The molecule has 0 aromatic heterocycles. The van der Waals surface area contributed by atoms with Crippen LogP contribution >= 0.6 is 0 Å². The molecule has 0 spiro atoms. The van der Waals surface area contributed by atoms with Crippen LogP contribution in [0.2, 0.25) is 0 Å². The Balaban J connectivity index is 0.000000612. The second-order valence-electron chi connectivity index (χ2n) is 6.28. The molecule has 4 nitrogen and oxygen atoms in total. The minimum absolute atomic E-state index is 0.500. The van der Waals surface area contributed by atoms with E-state index in [2.05, 4.69) is 39.3 Å². The van der Waals surface area contributed by atoms with Crippen molar-refractivity contribution in [1.29, 1.82) is 0 Å². The van der Waals surface area contributed by atoms with Gasteiger partial charge in [-0.2, -0.15) is 0 Å². The summed E-state index contributed by atoms with van der Waals surface area (Å²) in [7, 11) is 8.60. The first-order chi connectivity index (χ1) is 9.41. The van der Waals surface area contributed by atoms with Crippen molar-refractivity contribution in [3.8, 4) is 5.75 Å². The number of carbonyl (C=O) groups is 1. The summed E-state index contributed by atoms with van der Waals surface area (Å²) >= 11 is 0. The molecule has 1 aromatic rings. The average molecular weight is 279 g/mol. The van der Waals surface area contributed by atoms with Crippen LogP contribution < -0.4 is 9.84 Å². The van der Waals surface area contributed by atoms with E-state index in [0.29, 0.717) is 0 Å². The van der Waals surface area contributed by atoms with Crippen LogP contribution in [0.4, 0.5) is 0 Å². The molecule has 1 aromatic carbocycles. The van der Waals surface area contributed by atoms with Gasteiger partial charge in [-0.1, -0.05) is 12.1 Å². The van der Waals surface area contributed by atoms with Gasteiger partial charge < -0.3 is 19.1 Å². The number of methoxy groups -OCH3 is 1. The predicted octanol–water partition coefficient (Wildman–Crippen LogP) is 0.872.